The van der Waals surface area contributed by atoms with Crippen molar-refractivity contribution >= 4 is 17.3 Å². The van der Waals surface area contributed by atoms with Gasteiger partial charge in [0.25, 0.3) is 0 Å². The fraction of sp³-hybridized carbons (Fsp3) is 0.500. The summed E-state index contributed by atoms with van der Waals surface area (Å²) < 4.78 is 5.73. The molecule has 0 bridgehead atoms. The molecular weight excluding hydrogens is 228 g/mol. The zero-order chi connectivity index (χ0) is 13.1. The summed E-state index contributed by atoms with van der Waals surface area (Å²) >= 11 is 0. The van der Waals surface area contributed by atoms with Crippen LogP contribution in [0.1, 0.15) is 33.6 Å². The molecule has 1 aliphatic heterocycles. The number of fused-ring (bicyclic) bond motifs is 1. The van der Waals surface area contributed by atoms with Gasteiger partial charge in [-0.2, -0.15) is 0 Å². The third kappa shape index (κ3) is 2.75. The molecule has 1 aliphatic rings. The Labute approximate surface area is 108 Å². The van der Waals surface area contributed by atoms with Crippen molar-refractivity contribution in [3.8, 4) is 5.75 Å². The van der Waals surface area contributed by atoms with Gasteiger partial charge in [-0.1, -0.05) is 13.0 Å². The molecule has 1 amide bonds. The smallest absolute Gasteiger partial charge is 0.226 e. The molecule has 0 saturated carbocycles. The molecule has 1 heterocycles. The lowest BCUT2D eigenvalue weighted by atomic mass is 10.1. The highest BCUT2D eigenvalue weighted by molar-refractivity contribution is 5.98. The van der Waals surface area contributed by atoms with Gasteiger partial charge in [-0.3, -0.25) is 4.79 Å². The Morgan fingerprint density at radius 3 is 2.89 bits per heavy atom. The lowest BCUT2D eigenvalue weighted by Crippen LogP contribution is -2.21. The van der Waals surface area contributed by atoms with Crippen LogP contribution in [0.4, 0.5) is 11.4 Å². The molecule has 2 N–H and O–H groups in total. The van der Waals surface area contributed by atoms with Gasteiger partial charge in [0.2, 0.25) is 5.91 Å². The molecule has 4 heteroatoms. The van der Waals surface area contributed by atoms with Gasteiger partial charge in [-0.05, 0) is 32.4 Å². The van der Waals surface area contributed by atoms with E-state index in [-0.39, 0.29) is 18.1 Å². The van der Waals surface area contributed by atoms with Crippen LogP contribution in [0.2, 0.25) is 0 Å². The molecule has 0 radical (unpaired) electrons. The van der Waals surface area contributed by atoms with Crippen LogP contribution >= 0.6 is 0 Å². The van der Waals surface area contributed by atoms with Crippen LogP contribution in [0.15, 0.2) is 18.2 Å². The van der Waals surface area contributed by atoms with E-state index < -0.39 is 0 Å². The summed E-state index contributed by atoms with van der Waals surface area (Å²) in [7, 11) is 0. The number of carbonyl (C=O) groups excluding carboxylic acids is 1. The summed E-state index contributed by atoms with van der Waals surface area (Å²) in [4.78, 5) is 11.8. The molecule has 1 atom stereocenters. The molecule has 1 unspecified atom stereocenters. The second-order valence-electron chi connectivity index (χ2n) is 4.85. The van der Waals surface area contributed by atoms with E-state index in [4.69, 9.17) is 4.74 Å². The van der Waals surface area contributed by atoms with Crippen LogP contribution in [-0.2, 0) is 4.79 Å². The summed E-state index contributed by atoms with van der Waals surface area (Å²) in [5.74, 6) is 0.757. The topological polar surface area (TPSA) is 50.4 Å². The summed E-state index contributed by atoms with van der Waals surface area (Å²) in [6, 6.07) is 5.97. The largest absolute Gasteiger partial charge is 0.489 e. The second-order valence-corrected chi connectivity index (χ2v) is 4.85. The van der Waals surface area contributed by atoms with Crippen molar-refractivity contribution in [2.24, 2.45) is 0 Å². The van der Waals surface area contributed by atoms with E-state index in [1.165, 1.54) is 0 Å². The maximum atomic E-state index is 11.8. The van der Waals surface area contributed by atoms with Gasteiger partial charge in [0.1, 0.15) is 11.4 Å². The van der Waals surface area contributed by atoms with Crippen molar-refractivity contribution < 1.29 is 9.53 Å². The fourth-order valence-electron chi connectivity index (χ4n) is 2.06. The lowest BCUT2D eigenvalue weighted by Gasteiger charge is -2.17. The number of nitrogens with one attached hydrogen (secondary N) is 2. The molecule has 98 valence electrons. The Morgan fingerprint density at radius 2 is 2.22 bits per heavy atom. The number of ether oxygens (including phenoxy) is 1. The summed E-state index contributed by atoms with van der Waals surface area (Å²) in [6.07, 6.45) is 1.49. The highest BCUT2D eigenvalue weighted by Crippen LogP contribution is 2.36. The Morgan fingerprint density at radius 1 is 1.44 bits per heavy atom. The number of hydrogen-bond donors (Lipinski definition) is 2. The molecule has 2 rings (SSSR count). The van der Waals surface area contributed by atoms with Crippen LogP contribution in [0.3, 0.4) is 0 Å². The van der Waals surface area contributed by atoms with Crippen molar-refractivity contribution in [3.63, 3.8) is 0 Å². The first-order chi connectivity index (χ1) is 8.60. The molecule has 0 aliphatic carbocycles. The van der Waals surface area contributed by atoms with Gasteiger partial charge in [-0.25, -0.2) is 0 Å². The quantitative estimate of drug-likeness (QED) is 0.864. The fourth-order valence-corrected chi connectivity index (χ4v) is 2.06. The van der Waals surface area contributed by atoms with Crippen LogP contribution < -0.4 is 15.4 Å². The Kier molecular flexibility index (Phi) is 3.75. The minimum absolute atomic E-state index is 0.0351. The van der Waals surface area contributed by atoms with E-state index in [2.05, 4.69) is 17.6 Å². The molecule has 1 aromatic carbocycles. The average Bonchev–Trinajstić information content (AvgIpc) is 2.47. The minimum atomic E-state index is 0.0351. The summed E-state index contributed by atoms with van der Waals surface area (Å²) in [5, 5.41) is 6.32. The van der Waals surface area contributed by atoms with Crippen LogP contribution in [0.25, 0.3) is 0 Å². The van der Waals surface area contributed by atoms with Crippen molar-refractivity contribution in [2.45, 2.75) is 45.8 Å². The molecule has 0 saturated heterocycles. The molecule has 0 fully saturated rings. The summed E-state index contributed by atoms with van der Waals surface area (Å²) in [6.45, 7) is 6.02. The van der Waals surface area contributed by atoms with Gasteiger partial charge in [0.05, 0.1) is 11.8 Å². The van der Waals surface area contributed by atoms with Crippen LogP contribution in [0, 0.1) is 0 Å². The van der Waals surface area contributed by atoms with Crippen molar-refractivity contribution in [1.82, 2.24) is 0 Å². The molecule has 0 spiro atoms. The number of amides is 1. The number of para-hydroxylation sites is 1. The first kappa shape index (κ1) is 12.7. The summed E-state index contributed by atoms with van der Waals surface area (Å²) in [5.41, 5.74) is 1.69. The van der Waals surface area contributed by atoms with Crippen molar-refractivity contribution in [3.05, 3.63) is 18.2 Å². The number of rotatable bonds is 3. The number of anilines is 2. The van der Waals surface area contributed by atoms with Gasteiger partial charge in [0.15, 0.2) is 0 Å². The van der Waals surface area contributed by atoms with Crippen molar-refractivity contribution in [2.75, 3.05) is 10.6 Å². The Bertz CT molecular complexity index is 443. The first-order valence-electron chi connectivity index (χ1n) is 6.46. The second kappa shape index (κ2) is 5.29. The highest BCUT2D eigenvalue weighted by Gasteiger charge is 2.22. The zero-order valence-electron chi connectivity index (χ0n) is 11.1. The third-order valence-corrected chi connectivity index (χ3v) is 2.94. The maximum absolute atomic E-state index is 11.8. The van der Waals surface area contributed by atoms with E-state index in [0.29, 0.717) is 6.42 Å². The Balaban J connectivity index is 2.36. The average molecular weight is 248 g/mol. The number of carbonyl (C=O) groups is 1. The van der Waals surface area contributed by atoms with Crippen molar-refractivity contribution in [1.29, 1.82) is 0 Å². The van der Waals surface area contributed by atoms with E-state index in [0.717, 1.165) is 23.5 Å². The molecule has 4 nitrogen and oxygen atoms in total. The SMILES string of the molecule is CCC1CC(=O)Nc2c(cccc2OC(C)C)N1. The first-order valence-corrected chi connectivity index (χ1v) is 6.46. The highest BCUT2D eigenvalue weighted by atomic mass is 16.5. The molecular formula is C14H20N2O2. The van der Waals surface area contributed by atoms with Gasteiger partial charge in [-0.15, -0.1) is 0 Å². The predicted molar refractivity (Wildman–Crippen MR) is 73.2 cm³/mol. The van der Waals surface area contributed by atoms with Gasteiger partial charge in [0, 0.05) is 12.5 Å². The van der Waals surface area contributed by atoms with Gasteiger partial charge >= 0.3 is 0 Å². The van der Waals surface area contributed by atoms with Crippen LogP contribution in [0.5, 0.6) is 5.75 Å². The van der Waals surface area contributed by atoms with E-state index in [1.54, 1.807) is 0 Å². The van der Waals surface area contributed by atoms with E-state index >= 15 is 0 Å². The number of hydrogen-bond acceptors (Lipinski definition) is 3. The Hall–Kier alpha value is -1.71. The zero-order valence-corrected chi connectivity index (χ0v) is 11.1. The molecule has 1 aromatic rings. The standard InChI is InChI=1S/C14H20N2O2/c1-4-10-8-13(17)16-14-11(15-10)6-5-7-12(14)18-9(2)3/h5-7,9-10,15H,4,8H2,1-3H3,(H,16,17). The number of benzene rings is 1. The maximum Gasteiger partial charge on any atom is 0.226 e. The van der Waals surface area contributed by atoms with Gasteiger partial charge < -0.3 is 15.4 Å². The minimum Gasteiger partial charge on any atom is -0.489 e. The third-order valence-electron chi connectivity index (χ3n) is 2.94. The monoisotopic (exact) mass is 248 g/mol. The van der Waals surface area contributed by atoms with E-state index in [1.807, 2.05) is 32.0 Å². The molecule has 18 heavy (non-hydrogen) atoms. The lowest BCUT2D eigenvalue weighted by molar-refractivity contribution is -0.116. The molecule has 0 aromatic heterocycles. The normalized spacial score (nSPS) is 18.7. The van der Waals surface area contributed by atoms with Crippen LogP contribution in [-0.4, -0.2) is 18.1 Å². The predicted octanol–water partition coefficient (Wildman–Crippen LogP) is 3.01. The van der Waals surface area contributed by atoms with E-state index in [9.17, 15) is 4.79 Å².